The number of pyridine rings is 1. The number of hydrogen-bond acceptors (Lipinski definition) is 6. The van der Waals surface area contributed by atoms with Gasteiger partial charge in [-0.1, -0.05) is 23.2 Å². The number of rotatable bonds is 7. The zero-order valence-corrected chi connectivity index (χ0v) is 20.2. The Morgan fingerprint density at radius 2 is 1.82 bits per heavy atom. The van der Waals surface area contributed by atoms with Gasteiger partial charge >= 0.3 is 6.18 Å². The molecule has 5 nitrogen and oxygen atoms in total. The number of aromatic nitrogens is 2. The number of Topliss-reactive ketones (excluding diaryl/α,β-unsaturated/α-hetero) is 1. The van der Waals surface area contributed by atoms with Crippen molar-refractivity contribution in [2.24, 2.45) is 5.73 Å². The molecule has 1 aromatic carbocycles. The van der Waals surface area contributed by atoms with Gasteiger partial charge in [-0.15, -0.1) is 11.3 Å². The first-order chi connectivity index (χ1) is 15.6. The van der Waals surface area contributed by atoms with Crippen LogP contribution in [0.3, 0.4) is 0 Å². The Kier molecular flexibility index (Phi) is 7.40. The topological polar surface area (TPSA) is 89.1 Å². The minimum Gasteiger partial charge on any atom is -0.375 e. The molecular formula is C22H19Cl2F4N3O2S. The van der Waals surface area contributed by atoms with Gasteiger partial charge in [0, 0.05) is 22.9 Å². The maximum absolute atomic E-state index is 14.2. The van der Waals surface area contributed by atoms with Crippen LogP contribution < -0.4 is 5.73 Å². The van der Waals surface area contributed by atoms with E-state index in [9.17, 15) is 27.5 Å². The molecule has 2 heterocycles. The second-order valence-electron chi connectivity index (χ2n) is 8.24. The van der Waals surface area contributed by atoms with E-state index < -0.39 is 47.5 Å². The van der Waals surface area contributed by atoms with E-state index in [0.717, 1.165) is 23.5 Å². The molecule has 0 aliphatic heterocycles. The Morgan fingerprint density at radius 3 is 2.35 bits per heavy atom. The summed E-state index contributed by atoms with van der Waals surface area (Å²) in [7, 11) is 0. The lowest BCUT2D eigenvalue weighted by molar-refractivity contribution is -0.270. The fraction of sp³-hybridized carbons (Fsp3) is 0.318. The molecule has 0 bridgehead atoms. The van der Waals surface area contributed by atoms with Crippen LogP contribution in [0.15, 0.2) is 35.7 Å². The van der Waals surface area contributed by atoms with Crippen molar-refractivity contribution in [1.29, 1.82) is 0 Å². The Hall–Kier alpha value is -2.11. The fourth-order valence-corrected chi connectivity index (χ4v) is 4.08. The van der Waals surface area contributed by atoms with Crippen LogP contribution in [0, 0.1) is 5.82 Å². The van der Waals surface area contributed by atoms with Crippen LogP contribution in [-0.4, -0.2) is 27.0 Å². The Labute approximate surface area is 206 Å². The van der Waals surface area contributed by atoms with Crippen molar-refractivity contribution < 1.29 is 27.5 Å². The fourth-order valence-electron chi connectivity index (χ4n) is 3.14. The number of hydrogen-bond donors (Lipinski definition) is 2. The molecule has 0 saturated carbocycles. The van der Waals surface area contributed by atoms with Gasteiger partial charge in [-0.2, -0.15) is 13.2 Å². The summed E-state index contributed by atoms with van der Waals surface area (Å²) in [6.07, 6.45) is -6.88. The first-order valence-corrected chi connectivity index (χ1v) is 11.5. The molecule has 0 aliphatic carbocycles. The van der Waals surface area contributed by atoms with E-state index in [4.69, 9.17) is 28.9 Å². The van der Waals surface area contributed by atoms with Crippen molar-refractivity contribution in [3.63, 3.8) is 0 Å². The van der Waals surface area contributed by atoms with E-state index in [-0.39, 0.29) is 32.0 Å². The molecule has 34 heavy (non-hydrogen) atoms. The first kappa shape index (κ1) is 26.5. The number of benzene rings is 1. The molecule has 0 fully saturated rings. The SMILES string of the molecule is CC(C)(N)c1cc(-c2ccc(F)c(Cl)c2)nc(C(O)(CCC(=O)c2csc(Cl)n2)C(F)(F)F)c1. The van der Waals surface area contributed by atoms with E-state index in [1.165, 1.54) is 23.6 Å². The van der Waals surface area contributed by atoms with Crippen LogP contribution in [0.2, 0.25) is 9.49 Å². The number of thiazole rings is 1. The largest absolute Gasteiger partial charge is 0.422 e. The van der Waals surface area contributed by atoms with Crippen molar-refractivity contribution in [1.82, 2.24) is 9.97 Å². The quantitative estimate of drug-likeness (QED) is 0.275. The number of ketones is 1. The Morgan fingerprint density at radius 1 is 1.15 bits per heavy atom. The predicted octanol–water partition coefficient (Wildman–Crippen LogP) is 6.26. The van der Waals surface area contributed by atoms with Crippen molar-refractivity contribution in [2.45, 2.75) is 44.0 Å². The maximum atomic E-state index is 14.2. The lowest BCUT2D eigenvalue weighted by Crippen LogP contribution is -2.44. The van der Waals surface area contributed by atoms with E-state index >= 15 is 0 Å². The minimum absolute atomic E-state index is 0.00629. The zero-order chi connectivity index (χ0) is 25.5. The highest BCUT2D eigenvalue weighted by molar-refractivity contribution is 7.14. The van der Waals surface area contributed by atoms with Gasteiger partial charge in [0.2, 0.25) is 5.60 Å². The number of nitrogens with zero attached hydrogens (tertiary/aromatic N) is 2. The normalized spacial score (nSPS) is 14.2. The number of aliphatic hydroxyl groups is 1. The lowest BCUT2D eigenvalue weighted by atomic mass is 9.86. The van der Waals surface area contributed by atoms with Gasteiger partial charge in [0.1, 0.15) is 11.5 Å². The molecule has 0 spiro atoms. The molecule has 3 N–H and O–H groups in total. The highest BCUT2D eigenvalue weighted by atomic mass is 35.5. The summed E-state index contributed by atoms with van der Waals surface area (Å²) in [6.45, 7) is 3.13. The van der Waals surface area contributed by atoms with Gasteiger partial charge in [-0.05, 0) is 56.2 Å². The van der Waals surface area contributed by atoms with Crippen LogP contribution in [0.25, 0.3) is 11.3 Å². The van der Waals surface area contributed by atoms with E-state index in [1.807, 2.05) is 0 Å². The van der Waals surface area contributed by atoms with Crippen molar-refractivity contribution >= 4 is 40.3 Å². The number of carbonyl (C=O) groups is 1. The van der Waals surface area contributed by atoms with Crippen LogP contribution >= 0.6 is 34.5 Å². The van der Waals surface area contributed by atoms with Crippen LogP contribution in [-0.2, 0) is 11.1 Å². The van der Waals surface area contributed by atoms with Gasteiger partial charge in [0.05, 0.1) is 16.4 Å². The highest BCUT2D eigenvalue weighted by Crippen LogP contribution is 2.43. The van der Waals surface area contributed by atoms with Crippen LogP contribution in [0.4, 0.5) is 17.6 Å². The van der Waals surface area contributed by atoms with Crippen molar-refractivity contribution in [3.05, 3.63) is 68.0 Å². The van der Waals surface area contributed by atoms with Crippen LogP contribution in [0.1, 0.15) is 48.4 Å². The average Bonchev–Trinajstić information content (AvgIpc) is 3.18. The summed E-state index contributed by atoms with van der Waals surface area (Å²) in [5.74, 6) is -1.43. The van der Waals surface area contributed by atoms with E-state index in [1.54, 1.807) is 13.8 Å². The van der Waals surface area contributed by atoms with Gasteiger partial charge < -0.3 is 10.8 Å². The van der Waals surface area contributed by atoms with E-state index in [0.29, 0.717) is 0 Å². The van der Waals surface area contributed by atoms with Crippen molar-refractivity contribution in [3.8, 4) is 11.3 Å². The molecular weight excluding hydrogens is 517 g/mol. The first-order valence-electron chi connectivity index (χ1n) is 9.82. The van der Waals surface area contributed by atoms with Gasteiger partial charge in [0.15, 0.2) is 10.3 Å². The summed E-state index contributed by atoms with van der Waals surface area (Å²) in [4.78, 5) is 20.2. The van der Waals surface area contributed by atoms with Gasteiger partial charge in [-0.3, -0.25) is 4.79 Å². The van der Waals surface area contributed by atoms with Gasteiger partial charge in [0.25, 0.3) is 0 Å². The third kappa shape index (κ3) is 5.58. The summed E-state index contributed by atoms with van der Waals surface area (Å²) in [5, 5.41) is 11.9. The second-order valence-corrected chi connectivity index (χ2v) is 10.1. The minimum atomic E-state index is -5.19. The molecule has 3 rings (SSSR count). The molecule has 12 heteroatoms. The summed E-state index contributed by atoms with van der Waals surface area (Å²) >= 11 is 12.5. The lowest BCUT2D eigenvalue weighted by Gasteiger charge is -2.31. The summed E-state index contributed by atoms with van der Waals surface area (Å²) < 4.78 is 56.3. The molecule has 0 amide bonds. The number of carbonyl (C=O) groups excluding carboxylic acids is 1. The number of nitrogens with two attached hydrogens (primary N) is 1. The second kappa shape index (κ2) is 9.50. The smallest absolute Gasteiger partial charge is 0.375 e. The Balaban J connectivity index is 2.10. The van der Waals surface area contributed by atoms with Crippen LogP contribution in [0.5, 0.6) is 0 Å². The molecule has 1 atom stereocenters. The molecule has 0 saturated heterocycles. The molecule has 1 unspecified atom stereocenters. The zero-order valence-electron chi connectivity index (χ0n) is 17.9. The monoisotopic (exact) mass is 535 g/mol. The summed E-state index contributed by atoms with van der Waals surface area (Å²) in [5.41, 5.74) is 1.13. The summed E-state index contributed by atoms with van der Waals surface area (Å²) in [6, 6.07) is 6.03. The molecule has 3 aromatic rings. The average molecular weight is 536 g/mol. The standard InChI is InChI=1S/C22H19Cl2F4N3O2S/c1-20(2,29)12-8-15(11-3-4-14(25)13(23)7-11)30-18(9-12)21(33,22(26,27)28)6-5-17(32)16-10-34-19(24)31-16/h3-4,7-10,33H,5-6,29H2,1-2H3. The van der Waals surface area contributed by atoms with Gasteiger partial charge in [-0.25, -0.2) is 14.4 Å². The number of halogens is 6. The highest BCUT2D eigenvalue weighted by Gasteiger charge is 2.56. The molecule has 0 radical (unpaired) electrons. The van der Waals surface area contributed by atoms with E-state index in [2.05, 4.69) is 9.97 Å². The molecule has 182 valence electrons. The third-order valence-corrected chi connectivity index (χ3v) is 6.42. The molecule has 0 aliphatic rings. The number of alkyl halides is 3. The molecule has 2 aromatic heterocycles. The third-order valence-electron chi connectivity index (χ3n) is 5.15. The maximum Gasteiger partial charge on any atom is 0.422 e. The Bertz CT molecular complexity index is 1230. The predicted molar refractivity (Wildman–Crippen MR) is 122 cm³/mol. The van der Waals surface area contributed by atoms with Crippen molar-refractivity contribution in [2.75, 3.05) is 0 Å².